The molecule has 2 aliphatic rings. The fourth-order valence-corrected chi connectivity index (χ4v) is 3.63. The molecule has 0 N–H and O–H groups in total. The summed E-state index contributed by atoms with van der Waals surface area (Å²) in [4.78, 5) is 1.09. The molecule has 0 bridgehead atoms. The predicted molar refractivity (Wildman–Crippen MR) is 79.3 cm³/mol. The highest BCUT2D eigenvalue weighted by Crippen LogP contribution is 2.29. The monoisotopic (exact) mass is 296 g/mol. The Labute approximate surface area is 124 Å². The van der Waals surface area contributed by atoms with E-state index in [0.29, 0.717) is 0 Å². The summed E-state index contributed by atoms with van der Waals surface area (Å²) in [6, 6.07) is 2.08. The molecule has 1 unspecified atom stereocenters. The van der Waals surface area contributed by atoms with Crippen molar-refractivity contribution in [3.63, 3.8) is 0 Å². The fraction of sp³-hybridized carbons (Fsp3) is 0.714. The van der Waals surface area contributed by atoms with Gasteiger partial charge in [-0.1, -0.05) is 0 Å². The number of rotatable bonds is 2. The molecule has 2 aliphatic heterocycles. The van der Waals surface area contributed by atoms with Crippen molar-refractivity contribution in [2.75, 3.05) is 13.2 Å². The van der Waals surface area contributed by atoms with Crippen LogP contribution < -0.4 is 5.46 Å². The standard InChI is InChI=1S/C14H21BO4S/c1-10-8-14(2,3)19-15(18-10)11-7-12(20-9-11)13-16-5-4-6-17-13/h7,9-10,13H,4-6,8H2,1-3H3. The van der Waals surface area contributed by atoms with Crippen LogP contribution in [-0.4, -0.2) is 32.0 Å². The van der Waals surface area contributed by atoms with Crippen molar-refractivity contribution in [2.45, 2.75) is 51.6 Å². The van der Waals surface area contributed by atoms with Crippen LogP contribution in [0.1, 0.15) is 44.8 Å². The Morgan fingerprint density at radius 1 is 1.30 bits per heavy atom. The normalized spacial score (nSPS) is 27.8. The van der Waals surface area contributed by atoms with Gasteiger partial charge in [-0.25, -0.2) is 0 Å². The lowest BCUT2D eigenvalue weighted by atomic mass is 9.76. The van der Waals surface area contributed by atoms with Crippen molar-refractivity contribution in [1.29, 1.82) is 0 Å². The minimum atomic E-state index is -0.289. The average Bonchev–Trinajstić information content (AvgIpc) is 2.87. The van der Waals surface area contributed by atoms with Gasteiger partial charge in [0.25, 0.3) is 0 Å². The highest BCUT2D eigenvalue weighted by molar-refractivity contribution is 7.11. The molecule has 110 valence electrons. The summed E-state index contributed by atoms with van der Waals surface area (Å²) in [6.45, 7) is 7.84. The van der Waals surface area contributed by atoms with E-state index in [-0.39, 0.29) is 25.1 Å². The van der Waals surface area contributed by atoms with Gasteiger partial charge >= 0.3 is 7.12 Å². The van der Waals surface area contributed by atoms with Gasteiger partial charge in [0.1, 0.15) is 0 Å². The molecule has 4 nitrogen and oxygen atoms in total. The van der Waals surface area contributed by atoms with Gasteiger partial charge < -0.3 is 18.8 Å². The smallest absolute Gasteiger partial charge is 0.405 e. The van der Waals surface area contributed by atoms with Gasteiger partial charge in [0, 0.05) is 6.10 Å². The van der Waals surface area contributed by atoms with Crippen molar-refractivity contribution in [1.82, 2.24) is 0 Å². The first kappa shape index (κ1) is 14.5. The van der Waals surface area contributed by atoms with Gasteiger partial charge in [0.2, 0.25) is 0 Å². The van der Waals surface area contributed by atoms with Crippen LogP contribution in [-0.2, 0) is 18.8 Å². The first-order valence-electron chi connectivity index (χ1n) is 7.18. The Bertz CT molecular complexity index is 456. The minimum absolute atomic E-state index is 0.151. The molecule has 2 saturated heterocycles. The summed E-state index contributed by atoms with van der Waals surface area (Å²) in [5.74, 6) is 0. The van der Waals surface area contributed by atoms with Gasteiger partial charge in [-0.15, -0.1) is 11.3 Å². The maximum atomic E-state index is 6.03. The molecule has 0 aliphatic carbocycles. The highest BCUT2D eigenvalue weighted by atomic mass is 32.1. The molecule has 2 fully saturated rings. The van der Waals surface area contributed by atoms with E-state index < -0.39 is 0 Å². The molecular weight excluding hydrogens is 275 g/mol. The molecule has 0 saturated carbocycles. The second-order valence-corrected chi connectivity index (χ2v) is 7.01. The van der Waals surface area contributed by atoms with E-state index in [2.05, 4.69) is 32.2 Å². The molecule has 6 heteroatoms. The lowest BCUT2D eigenvalue weighted by Crippen LogP contribution is -2.51. The molecule has 0 amide bonds. The van der Waals surface area contributed by atoms with E-state index in [1.165, 1.54) is 0 Å². The predicted octanol–water partition coefficient (Wildman–Crippen LogP) is 2.48. The Kier molecular flexibility index (Phi) is 4.20. The molecule has 1 aromatic rings. The third kappa shape index (κ3) is 3.26. The molecule has 0 aromatic carbocycles. The Morgan fingerprint density at radius 3 is 2.75 bits per heavy atom. The summed E-state index contributed by atoms with van der Waals surface area (Å²) in [7, 11) is -0.289. The molecule has 0 spiro atoms. The van der Waals surface area contributed by atoms with E-state index in [4.69, 9.17) is 18.8 Å². The van der Waals surface area contributed by atoms with Crippen LogP contribution in [0.2, 0.25) is 0 Å². The zero-order valence-corrected chi connectivity index (χ0v) is 13.1. The van der Waals surface area contributed by atoms with E-state index >= 15 is 0 Å². The Hall–Kier alpha value is -0.395. The van der Waals surface area contributed by atoms with Crippen molar-refractivity contribution >= 4 is 23.9 Å². The maximum Gasteiger partial charge on any atom is 0.495 e. The van der Waals surface area contributed by atoms with Crippen LogP contribution in [0.15, 0.2) is 11.4 Å². The molecular formula is C14H21BO4S. The van der Waals surface area contributed by atoms with Gasteiger partial charge in [0.05, 0.1) is 23.7 Å². The van der Waals surface area contributed by atoms with Gasteiger partial charge in [-0.3, -0.25) is 0 Å². The number of hydrogen-bond donors (Lipinski definition) is 0. The van der Waals surface area contributed by atoms with Crippen LogP contribution in [0, 0.1) is 0 Å². The zero-order chi connectivity index (χ0) is 14.2. The van der Waals surface area contributed by atoms with Crippen molar-refractivity contribution in [3.8, 4) is 0 Å². The fourth-order valence-electron chi connectivity index (χ4n) is 2.73. The van der Waals surface area contributed by atoms with Crippen LogP contribution in [0.4, 0.5) is 0 Å². The van der Waals surface area contributed by atoms with E-state index in [1.54, 1.807) is 11.3 Å². The molecule has 0 radical (unpaired) electrons. The lowest BCUT2D eigenvalue weighted by molar-refractivity contribution is -0.181. The maximum absolute atomic E-state index is 6.03. The third-order valence-corrected chi connectivity index (χ3v) is 4.51. The molecule has 3 heterocycles. The van der Waals surface area contributed by atoms with E-state index in [1.807, 2.05) is 0 Å². The summed E-state index contributed by atoms with van der Waals surface area (Å²) in [6.07, 6.45) is 1.86. The van der Waals surface area contributed by atoms with Crippen LogP contribution in [0.25, 0.3) is 0 Å². The zero-order valence-electron chi connectivity index (χ0n) is 12.3. The number of thiophene rings is 1. The summed E-state index contributed by atoms with van der Waals surface area (Å²) >= 11 is 1.64. The van der Waals surface area contributed by atoms with E-state index in [0.717, 1.165) is 36.4 Å². The molecule has 1 atom stereocenters. The van der Waals surface area contributed by atoms with Gasteiger partial charge in [0.15, 0.2) is 6.29 Å². The molecule has 1 aromatic heterocycles. The number of ether oxygens (including phenoxy) is 2. The van der Waals surface area contributed by atoms with Crippen LogP contribution in [0.3, 0.4) is 0 Å². The topological polar surface area (TPSA) is 36.9 Å². The van der Waals surface area contributed by atoms with Crippen molar-refractivity contribution in [3.05, 3.63) is 16.3 Å². The molecule has 20 heavy (non-hydrogen) atoms. The van der Waals surface area contributed by atoms with Gasteiger partial charge in [-0.05, 0) is 50.5 Å². The SMILES string of the molecule is CC1CC(C)(C)OB(c2csc(C3OCCCO3)c2)O1. The first-order chi connectivity index (χ1) is 9.53. The second-order valence-electron chi connectivity index (χ2n) is 6.07. The minimum Gasteiger partial charge on any atom is -0.405 e. The Balaban J connectivity index is 1.72. The molecule has 3 rings (SSSR count). The summed E-state index contributed by atoms with van der Waals surface area (Å²) in [5.41, 5.74) is 0.907. The quantitative estimate of drug-likeness (QED) is 0.786. The van der Waals surface area contributed by atoms with Crippen LogP contribution >= 0.6 is 11.3 Å². The Morgan fingerprint density at radius 2 is 2.05 bits per heavy atom. The summed E-state index contributed by atoms with van der Waals surface area (Å²) in [5, 5.41) is 2.08. The largest absolute Gasteiger partial charge is 0.495 e. The van der Waals surface area contributed by atoms with Crippen LogP contribution in [0.5, 0.6) is 0 Å². The third-order valence-electron chi connectivity index (χ3n) is 3.53. The summed E-state index contributed by atoms with van der Waals surface area (Å²) < 4.78 is 23.2. The highest BCUT2D eigenvalue weighted by Gasteiger charge is 2.39. The average molecular weight is 296 g/mol. The van der Waals surface area contributed by atoms with Gasteiger partial charge in [-0.2, -0.15) is 0 Å². The van der Waals surface area contributed by atoms with Crippen molar-refractivity contribution in [2.24, 2.45) is 0 Å². The second kappa shape index (κ2) is 5.77. The lowest BCUT2D eigenvalue weighted by Gasteiger charge is -2.38. The first-order valence-corrected chi connectivity index (χ1v) is 8.06. The number of hydrogen-bond acceptors (Lipinski definition) is 5. The van der Waals surface area contributed by atoms with Crippen molar-refractivity contribution < 1.29 is 18.8 Å². The van der Waals surface area contributed by atoms with E-state index in [9.17, 15) is 0 Å².